The number of hydrogen-bond acceptors (Lipinski definition) is 6. The highest BCUT2D eigenvalue weighted by Crippen LogP contribution is 2.32. The van der Waals surface area contributed by atoms with Crippen LogP contribution >= 0.6 is 0 Å². The summed E-state index contributed by atoms with van der Waals surface area (Å²) in [4.78, 5) is 29.5. The average molecular weight is 441 g/mol. The van der Waals surface area contributed by atoms with Crippen LogP contribution in [-0.4, -0.2) is 30.5 Å². The molecule has 0 saturated carbocycles. The molecule has 0 aliphatic carbocycles. The number of carbonyl (C=O) groups excluding carboxylic acids is 2. The van der Waals surface area contributed by atoms with E-state index < -0.39 is 11.9 Å². The van der Waals surface area contributed by atoms with Crippen molar-refractivity contribution in [2.45, 2.75) is 5.92 Å². The van der Waals surface area contributed by atoms with Gasteiger partial charge in [-0.2, -0.15) is 0 Å². The zero-order valence-electron chi connectivity index (χ0n) is 18.0. The van der Waals surface area contributed by atoms with Crippen LogP contribution in [0.15, 0.2) is 85.2 Å². The van der Waals surface area contributed by atoms with Crippen molar-refractivity contribution >= 4 is 28.3 Å². The number of ether oxygens (including phenoxy) is 2. The number of carbonyl (C=O) groups is 2. The van der Waals surface area contributed by atoms with Gasteiger partial charge in [-0.05, 0) is 53.4 Å². The predicted octanol–water partition coefficient (Wildman–Crippen LogP) is 4.14. The van der Waals surface area contributed by atoms with Gasteiger partial charge in [0.2, 0.25) is 5.91 Å². The fraction of sp³-hybridized carbons (Fsp3) is 0.115. The lowest BCUT2D eigenvalue weighted by Gasteiger charge is -2.18. The summed E-state index contributed by atoms with van der Waals surface area (Å²) in [6.07, 6.45) is 3.47. The largest absolute Gasteiger partial charge is 0.493 e. The van der Waals surface area contributed by atoms with Gasteiger partial charge in [-0.1, -0.05) is 30.3 Å². The predicted molar refractivity (Wildman–Crippen MR) is 127 cm³/mol. The number of nitrogens with zero attached hydrogens (tertiary/aromatic N) is 1. The van der Waals surface area contributed by atoms with Crippen molar-refractivity contribution in [1.29, 1.82) is 0 Å². The van der Waals surface area contributed by atoms with Crippen molar-refractivity contribution in [2.24, 2.45) is 5.73 Å². The first kappa shape index (κ1) is 22.0. The minimum absolute atomic E-state index is 0.0929. The Balaban J connectivity index is 1.53. The number of benzene rings is 3. The third-order valence-corrected chi connectivity index (χ3v) is 5.26. The maximum atomic E-state index is 13.0. The van der Waals surface area contributed by atoms with Crippen molar-refractivity contribution in [3.8, 4) is 11.5 Å². The van der Waals surface area contributed by atoms with Crippen molar-refractivity contribution in [3.63, 3.8) is 0 Å². The number of methoxy groups -OCH3 is 1. The minimum atomic E-state index is -0.620. The molecule has 0 fully saturated rings. The number of amides is 1. The summed E-state index contributed by atoms with van der Waals surface area (Å²) >= 11 is 0. The summed E-state index contributed by atoms with van der Waals surface area (Å²) in [5, 5.41) is 4.88. The SMILES string of the molecule is COc1cc(C(CN)C(=O)Nc2ccc3cnccc3c2)ccc1OC(=O)c1ccccc1. The molecule has 1 unspecified atom stereocenters. The molecule has 7 nitrogen and oxygen atoms in total. The van der Waals surface area contributed by atoms with Gasteiger partial charge in [0, 0.05) is 30.0 Å². The summed E-state index contributed by atoms with van der Waals surface area (Å²) in [6, 6.07) is 21.1. The first-order valence-corrected chi connectivity index (χ1v) is 10.4. The molecule has 1 atom stereocenters. The number of anilines is 1. The Labute approximate surface area is 191 Å². The number of fused-ring (bicyclic) bond motifs is 1. The average Bonchev–Trinajstić information content (AvgIpc) is 2.85. The standard InChI is InChI=1S/C26H23N3O4/c1-32-24-14-19(8-10-23(24)33-26(31)17-5-3-2-4-6-17)22(15-27)25(30)29-21-9-7-20-16-28-12-11-18(20)13-21/h2-14,16,22H,15,27H2,1H3,(H,29,30). The number of pyridine rings is 1. The molecule has 4 rings (SSSR count). The van der Waals surface area contributed by atoms with E-state index >= 15 is 0 Å². The Hall–Kier alpha value is -4.23. The second-order valence-corrected chi connectivity index (χ2v) is 7.38. The second kappa shape index (κ2) is 9.93. The van der Waals surface area contributed by atoms with Gasteiger partial charge in [-0.25, -0.2) is 4.79 Å². The normalized spacial score (nSPS) is 11.6. The number of rotatable bonds is 7. The molecule has 3 N–H and O–H groups in total. The van der Waals surface area contributed by atoms with Crippen LogP contribution in [0, 0.1) is 0 Å². The van der Waals surface area contributed by atoms with Gasteiger partial charge in [-0.3, -0.25) is 9.78 Å². The molecule has 3 aromatic carbocycles. The molecule has 1 aromatic heterocycles. The van der Waals surface area contributed by atoms with E-state index in [-0.39, 0.29) is 18.2 Å². The summed E-state index contributed by atoms with van der Waals surface area (Å²) in [7, 11) is 1.47. The molecule has 1 heterocycles. The van der Waals surface area contributed by atoms with E-state index in [9.17, 15) is 9.59 Å². The molecular formula is C26H23N3O4. The van der Waals surface area contributed by atoms with E-state index in [2.05, 4.69) is 10.3 Å². The highest BCUT2D eigenvalue weighted by Gasteiger charge is 2.22. The molecule has 33 heavy (non-hydrogen) atoms. The Morgan fingerprint density at radius 3 is 2.55 bits per heavy atom. The Morgan fingerprint density at radius 1 is 0.970 bits per heavy atom. The van der Waals surface area contributed by atoms with Crippen LogP contribution in [0.5, 0.6) is 11.5 Å². The summed E-state index contributed by atoms with van der Waals surface area (Å²) in [6.45, 7) is 0.0929. The first-order chi connectivity index (χ1) is 16.1. The van der Waals surface area contributed by atoms with Gasteiger partial charge >= 0.3 is 5.97 Å². The van der Waals surface area contributed by atoms with Crippen molar-refractivity contribution in [1.82, 2.24) is 4.98 Å². The molecule has 0 aliphatic rings. The zero-order valence-corrected chi connectivity index (χ0v) is 18.0. The van der Waals surface area contributed by atoms with Crippen molar-refractivity contribution < 1.29 is 19.1 Å². The third-order valence-electron chi connectivity index (χ3n) is 5.26. The van der Waals surface area contributed by atoms with E-state index in [0.29, 0.717) is 22.6 Å². The third kappa shape index (κ3) is 4.99. The summed E-state index contributed by atoms with van der Waals surface area (Å²) in [5.74, 6) is -0.773. The van der Waals surface area contributed by atoms with Crippen LogP contribution in [-0.2, 0) is 4.79 Å². The number of nitrogens with one attached hydrogen (secondary N) is 1. The van der Waals surface area contributed by atoms with Crippen LogP contribution in [0.2, 0.25) is 0 Å². The number of esters is 1. The molecule has 0 aliphatic heterocycles. The lowest BCUT2D eigenvalue weighted by Crippen LogP contribution is -2.27. The Morgan fingerprint density at radius 2 is 1.79 bits per heavy atom. The maximum Gasteiger partial charge on any atom is 0.343 e. The smallest absolute Gasteiger partial charge is 0.343 e. The molecule has 0 spiro atoms. The topological polar surface area (TPSA) is 104 Å². The quantitative estimate of drug-likeness (QED) is 0.330. The maximum absolute atomic E-state index is 13.0. The fourth-order valence-electron chi connectivity index (χ4n) is 3.50. The molecule has 1 amide bonds. The van der Waals surface area contributed by atoms with Gasteiger partial charge in [0.15, 0.2) is 11.5 Å². The molecule has 0 bridgehead atoms. The molecule has 7 heteroatoms. The van der Waals surface area contributed by atoms with E-state index in [1.165, 1.54) is 7.11 Å². The van der Waals surface area contributed by atoms with E-state index in [4.69, 9.17) is 15.2 Å². The molecule has 4 aromatic rings. The van der Waals surface area contributed by atoms with Crippen LogP contribution in [0.3, 0.4) is 0 Å². The lowest BCUT2D eigenvalue weighted by molar-refractivity contribution is -0.117. The van der Waals surface area contributed by atoms with Crippen LogP contribution < -0.4 is 20.5 Å². The highest BCUT2D eigenvalue weighted by atomic mass is 16.6. The first-order valence-electron chi connectivity index (χ1n) is 10.4. The molecule has 0 radical (unpaired) electrons. The van der Waals surface area contributed by atoms with Gasteiger partial charge in [0.25, 0.3) is 0 Å². The highest BCUT2D eigenvalue weighted by molar-refractivity contribution is 5.98. The van der Waals surface area contributed by atoms with Crippen molar-refractivity contribution in [3.05, 3.63) is 96.3 Å². The van der Waals surface area contributed by atoms with E-state index in [0.717, 1.165) is 10.8 Å². The van der Waals surface area contributed by atoms with Crippen LogP contribution in [0.25, 0.3) is 10.8 Å². The summed E-state index contributed by atoms with van der Waals surface area (Å²) < 4.78 is 10.9. The Bertz CT molecular complexity index is 1290. The van der Waals surface area contributed by atoms with Crippen LogP contribution in [0.1, 0.15) is 21.8 Å². The summed E-state index contributed by atoms with van der Waals surface area (Å²) in [5.41, 5.74) is 7.68. The zero-order chi connectivity index (χ0) is 23.2. The van der Waals surface area contributed by atoms with Crippen LogP contribution in [0.4, 0.5) is 5.69 Å². The van der Waals surface area contributed by atoms with E-state index in [1.54, 1.807) is 54.9 Å². The minimum Gasteiger partial charge on any atom is -0.493 e. The van der Waals surface area contributed by atoms with Gasteiger partial charge in [0.1, 0.15) is 0 Å². The number of nitrogens with two attached hydrogens (primary N) is 1. The number of hydrogen-bond donors (Lipinski definition) is 2. The van der Waals surface area contributed by atoms with Crippen molar-refractivity contribution in [2.75, 3.05) is 19.0 Å². The van der Waals surface area contributed by atoms with Gasteiger partial charge in [0.05, 0.1) is 18.6 Å². The van der Waals surface area contributed by atoms with Gasteiger partial charge < -0.3 is 20.5 Å². The lowest BCUT2D eigenvalue weighted by atomic mass is 9.97. The number of aromatic nitrogens is 1. The molecule has 0 saturated heterocycles. The Kier molecular flexibility index (Phi) is 6.61. The van der Waals surface area contributed by atoms with Gasteiger partial charge in [-0.15, -0.1) is 0 Å². The molecule has 166 valence electrons. The second-order valence-electron chi connectivity index (χ2n) is 7.38. The fourth-order valence-corrected chi connectivity index (χ4v) is 3.50. The monoisotopic (exact) mass is 441 g/mol. The van der Waals surface area contributed by atoms with E-state index in [1.807, 2.05) is 30.3 Å². The molecular weight excluding hydrogens is 418 g/mol.